The quantitative estimate of drug-likeness (QED) is 0.566. The number of carbonyl (C=O) groups excluding carboxylic acids is 1. The van der Waals surface area contributed by atoms with Gasteiger partial charge in [0.15, 0.2) is 0 Å². The first kappa shape index (κ1) is 10.9. The average molecular weight is 217 g/mol. The number of carbonyl (C=O) groups is 1. The van der Waals surface area contributed by atoms with Gasteiger partial charge in [0, 0.05) is 13.1 Å². The van der Waals surface area contributed by atoms with Crippen molar-refractivity contribution in [1.29, 1.82) is 0 Å². The highest BCUT2D eigenvalue weighted by molar-refractivity contribution is 5.72. The van der Waals surface area contributed by atoms with Crippen LogP contribution in [0.25, 0.3) is 0 Å². The average Bonchev–Trinajstić information content (AvgIpc) is 2.26. The van der Waals surface area contributed by atoms with Crippen LogP contribution in [0.3, 0.4) is 0 Å². The molecule has 16 heavy (non-hydrogen) atoms. The van der Waals surface area contributed by atoms with E-state index in [1.807, 2.05) is 35.2 Å². The van der Waals surface area contributed by atoms with E-state index in [9.17, 15) is 4.79 Å². The molecule has 84 valence electrons. The third-order valence-corrected chi connectivity index (χ3v) is 2.49. The van der Waals surface area contributed by atoms with Crippen LogP contribution in [-0.2, 0) is 16.1 Å². The van der Waals surface area contributed by atoms with Crippen LogP contribution >= 0.6 is 0 Å². The van der Waals surface area contributed by atoms with Crippen molar-refractivity contribution in [2.45, 2.75) is 6.61 Å². The monoisotopic (exact) mass is 217 g/mol. The number of nitrogens with zero attached hydrogens (tertiary/aromatic N) is 1. The number of hydrogen-bond donors (Lipinski definition) is 0. The fourth-order valence-electron chi connectivity index (χ4n) is 1.66. The summed E-state index contributed by atoms with van der Waals surface area (Å²) in [6, 6.07) is 9.69. The topological polar surface area (TPSA) is 29.5 Å². The van der Waals surface area contributed by atoms with Crippen LogP contribution < -0.4 is 0 Å². The number of hydrogen-bond acceptors (Lipinski definition) is 3. The normalized spacial score (nSPS) is 15.6. The molecule has 0 radical (unpaired) electrons. The second-order valence-electron chi connectivity index (χ2n) is 4.04. The predicted molar refractivity (Wildman–Crippen MR) is 61.8 cm³/mol. The first-order chi connectivity index (χ1) is 7.74. The maximum Gasteiger partial charge on any atom is 0.320 e. The second-order valence-corrected chi connectivity index (χ2v) is 4.04. The minimum Gasteiger partial charge on any atom is -0.460 e. The number of likely N-dealkylation sites (tertiary alicyclic amines) is 1. The third kappa shape index (κ3) is 2.94. The Labute approximate surface area is 95.3 Å². The van der Waals surface area contributed by atoms with Crippen molar-refractivity contribution in [2.24, 2.45) is 0 Å². The highest BCUT2D eigenvalue weighted by atomic mass is 16.5. The Balaban J connectivity index is 1.70. The lowest BCUT2D eigenvalue weighted by Gasteiger charge is -2.31. The molecule has 1 aromatic rings. The Bertz CT molecular complexity index is 378. The van der Waals surface area contributed by atoms with Gasteiger partial charge in [-0.25, -0.2) is 0 Å². The van der Waals surface area contributed by atoms with Gasteiger partial charge < -0.3 is 4.74 Å². The number of ether oxygens (including phenoxy) is 1. The number of rotatable bonds is 4. The minimum absolute atomic E-state index is 0.170. The second kappa shape index (κ2) is 4.94. The first-order valence-electron chi connectivity index (χ1n) is 5.32. The van der Waals surface area contributed by atoms with Gasteiger partial charge in [-0.05, 0) is 11.1 Å². The Kier molecular flexibility index (Phi) is 3.37. The van der Waals surface area contributed by atoms with Gasteiger partial charge in [-0.3, -0.25) is 9.69 Å². The van der Waals surface area contributed by atoms with Crippen molar-refractivity contribution >= 4 is 5.97 Å². The van der Waals surface area contributed by atoms with Gasteiger partial charge in [0.05, 0.1) is 6.54 Å². The third-order valence-electron chi connectivity index (χ3n) is 2.49. The maximum absolute atomic E-state index is 11.4. The van der Waals surface area contributed by atoms with Crippen molar-refractivity contribution in [3.63, 3.8) is 0 Å². The standard InChI is InChI=1S/C13H15NO2/c1-11-7-14(8-11)9-13(15)16-10-12-5-3-2-4-6-12/h2-6H,1,7-10H2. The van der Waals surface area contributed by atoms with Gasteiger partial charge in [0.2, 0.25) is 0 Å². The van der Waals surface area contributed by atoms with Gasteiger partial charge in [0.25, 0.3) is 0 Å². The zero-order valence-corrected chi connectivity index (χ0v) is 9.19. The molecule has 1 aliphatic rings. The first-order valence-corrected chi connectivity index (χ1v) is 5.32. The van der Waals surface area contributed by atoms with Crippen molar-refractivity contribution in [1.82, 2.24) is 4.90 Å². The molecule has 1 fully saturated rings. The van der Waals surface area contributed by atoms with E-state index in [0.717, 1.165) is 18.7 Å². The van der Waals surface area contributed by atoms with E-state index in [1.54, 1.807) is 0 Å². The molecule has 0 saturated carbocycles. The Morgan fingerprint density at radius 2 is 2.00 bits per heavy atom. The minimum atomic E-state index is -0.170. The lowest BCUT2D eigenvalue weighted by Crippen LogP contribution is -2.43. The largest absolute Gasteiger partial charge is 0.460 e. The van der Waals surface area contributed by atoms with Crippen molar-refractivity contribution in [3.8, 4) is 0 Å². The Morgan fingerprint density at radius 3 is 2.62 bits per heavy atom. The summed E-state index contributed by atoms with van der Waals surface area (Å²) in [6.45, 7) is 6.18. The summed E-state index contributed by atoms with van der Waals surface area (Å²) in [4.78, 5) is 13.4. The van der Waals surface area contributed by atoms with Crippen LogP contribution in [0.2, 0.25) is 0 Å². The molecule has 2 rings (SSSR count). The molecule has 0 aromatic heterocycles. The van der Waals surface area contributed by atoms with Gasteiger partial charge in [-0.2, -0.15) is 0 Å². The van der Waals surface area contributed by atoms with Crippen LogP contribution in [0, 0.1) is 0 Å². The molecule has 1 saturated heterocycles. The molecule has 3 heteroatoms. The molecule has 0 atom stereocenters. The fraction of sp³-hybridized carbons (Fsp3) is 0.308. The van der Waals surface area contributed by atoms with Crippen LogP contribution in [0.5, 0.6) is 0 Å². The molecule has 0 spiro atoms. The van der Waals surface area contributed by atoms with E-state index in [-0.39, 0.29) is 5.97 Å². The smallest absolute Gasteiger partial charge is 0.320 e. The maximum atomic E-state index is 11.4. The van der Waals surface area contributed by atoms with Crippen molar-refractivity contribution < 1.29 is 9.53 Å². The molecule has 0 bridgehead atoms. The summed E-state index contributed by atoms with van der Waals surface area (Å²) in [5.74, 6) is -0.170. The molecule has 0 amide bonds. The molecular formula is C13H15NO2. The molecule has 0 aliphatic carbocycles. The summed E-state index contributed by atoms with van der Waals surface area (Å²) >= 11 is 0. The molecule has 0 N–H and O–H groups in total. The summed E-state index contributed by atoms with van der Waals surface area (Å²) in [5.41, 5.74) is 2.19. The van der Waals surface area contributed by atoms with Crippen molar-refractivity contribution in [3.05, 3.63) is 48.0 Å². The SMILES string of the molecule is C=C1CN(CC(=O)OCc2ccccc2)C1. The predicted octanol–water partition coefficient (Wildman–Crippen LogP) is 1.60. The van der Waals surface area contributed by atoms with Crippen LogP contribution in [0.15, 0.2) is 42.5 Å². The van der Waals surface area contributed by atoms with E-state index in [2.05, 4.69) is 6.58 Å². The number of esters is 1. The molecule has 1 heterocycles. The molecule has 3 nitrogen and oxygen atoms in total. The van der Waals surface area contributed by atoms with E-state index in [1.165, 1.54) is 5.57 Å². The van der Waals surface area contributed by atoms with E-state index in [0.29, 0.717) is 13.2 Å². The Morgan fingerprint density at radius 1 is 1.31 bits per heavy atom. The van der Waals surface area contributed by atoms with E-state index >= 15 is 0 Å². The zero-order chi connectivity index (χ0) is 11.4. The summed E-state index contributed by atoms with van der Waals surface area (Å²) in [6.07, 6.45) is 0. The van der Waals surface area contributed by atoms with Gasteiger partial charge in [0.1, 0.15) is 6.61 Å². The highest BCUT2D eigenvalue weighted by Gasteiger charge is 2.20. The molecular weight excluding hydrogens is 202 g/mol. The summed E-state index contributed by atoms with van der Waals surface area (Å²) in [5, 5.41) is 0. The lowest BCUT2D eigenvalue weighted by molar-refractivity contribution is -0.146. The molecule has 0 unspecified atom stereocenters. The lowest BCUT2D eigenvalue weighted by atomic mass is 10.1. The zero-order valence-electron chi connectivity index (χ0n) is 9.19. The highest BCUT2D eigenvalue weighted by Crippen LogP contribution is 2.11. The van der Waals surface area contributed by atoms with Gasteiger partial charge in [-0.1, -0.05) is 36.9 Å². The Hall–Kier alpha value is -1.61. The summed E-state index contributed by atoms with van der Waals surface area (Å²) in [7, 11) is 0. The van der Waals surface area contributed by atoms with Gasteiger partial charge >= 0.3 is 5.97 Å². The van der Waals surface area contributed by atoms with Crippen LogP contribution in [0.1, 0.15) is 5.56 Å². The summed E-state index contributed by atoms with van der Waals surface area (Å²) < 4.78 is 5.16. The van der Waals surface area contributed by atoms with E-state index < -0.39 is 0 Å². The van der Waals surface area contributed by atoms with Gasteiger partial charge in [-0.15, -0.1) is 0 Å². The number of benzene rings is 1. The van der Waals surface area contributed by atoms with Crippen molar-refractivity contribution in [2.75, 3.05) is 19.6 Å². The van der Waals surface area contributed by atoms with Crippen LogP contribution in [0.4, 0.5) is 0 Å². The van der Waals surface area contributed by atoms with E-state index in [4.69, 9.17) is 4.74 Å². The molecule has 1 aromatic carbocycles. The fourth-order valence-corrected chi connectivity index (χ4v) is 1.66. The molecule has 1 aliphatic heterocycles. The van der Waals surface area contributed by atoms with Crippen LogP contribution in [-0.4, -0.2) is 30.5 Å².